The minimum absolute atomic E-state index is 0.265. The third-order valence-electron chi connectivity index (χ3n) is 4.10. The number of halogens is 3. The van der Waals surface area contributed by atoms with E-state index in [-0.39, 0.29) is 11.9 Å². The van der Waals surface area contributed by atoms with Gasteiger partial charge in [0, 0.05) is 23.4 Å². The number of benzene rings is 2. The summed E-state index contributed by atoms with van der Waals surface area (Å²) in [6.45, 7) is 1.85. The molecule has 2 aromatic carbocycles. The van der Waals surface area contributed by atoms with Gasteiger partial charge in [0.2, 0.25) is 0 Å². The molecule has 0 saturated carbocycles. The number of nitrogens with zero attached hydrogens (tertiary/aromatic N) is 3. The Kier molecular flexibility index (Phi) is 6.88. The van der Waals surface area contributed by atoms with Crippen molar-refractivity contribution in [2.75, 3.05) is 0 Å². The van der Waals surface area contributed by atoms with Crippen LogP contribution in [0.25, 0.3) is 0 Å². The summed E-state index contributed by atoms with van der Waals surface area (Å²) in [5, 5.41) is 13.6. The number of amides is 1. The highest BCUT2D eigenvalue weighted by molar-refractivity contribution is 7.98. The third-order valence-corrected chi connectivity index (χ3v) is 6.28. The maximum Gasteiger partial charge on any atom is 0.251 e. The molecule has 3 rings (SSSR count). The summed E-state index contributed by atoms with van der Waals surface area (Å²) in [6.07, 6.45) is 0. The molecule has 0 saturated heterocycles. The standard InChI is InChI=1S/C19H17Cl3N4OS/c1-11(23-18(27)12-7-8-15(21)16(22)9-12)17-24-25-19(26(17)2)28-10-13-5-3-4-6-14(13)20/h3-9,11H,10H2,1-2H3,(H,23,27). The van der Waals surface area contributed by atoms with Gasteiger partial charge in [0.15, 0.2) is 11.0 Å². The molecule has 1 heterocycles. The van der Waals surface area contributed by atoms with Crippen LogP contribution in [0.5, 0.6) is 0 Å². The van der Waals surface area contributed by atoms with Crippen LogP contribution < -0.4 is 5.32 Å². The highest BCUT2D eigenvalue weighted by Gasteiger charge is 2.19. The molecular weight excluding hydrogens is 439 g/mol. The van der Waals surface area contributed by atoms with Crippen molar-refractivity contribution in [3.63, 3.8) is 0 Å². The monoisotopic (exact) mass is 454 g/mol. The molecule has 1 aromatic heterocycles. The lowest BCUT2D eigenvalue weighted by atomic mass is 10.2. The predicted octanol–water partition coefficient (Wildman–Crippen LogP) is 5.56. The first-order valence-corrected chi connectivity index (χ1v) is 10.5. The van der Waals surface area contributed by atoms with E-state index in [2.05, 4.69) is 15.5 Å². The molecule has 0 aliphatic rings. The van der Waals surface area contributed by atoms with Crippen molar-refractivity contribution in [2.24, 2.45) is 7.05 Å². The van der Waals surface area contributed by atoms with Gasteiger partial charge in [-0.25, -0.2) is 0 Å². The van der Waals surface area contributed by atoms with Crippen molar-refractivity contribution in [1.29, 1.82) is 0 Å². The van der Waals surface area contributed by atoms with Gasteiger partial charge in [0.05, 0.1) is 16.1 Å². The van der Waals surface area contributed by atoms with Crippen LogP contribution in [0.2, 0.25) is 15.1 Å². The number of aromatic nitrogens is 3. The van der Waals surface area contributed by atoms with Gasteiger partial charge in [0.25, 0.3) is 5.91 Å². The molecule has 0 radical (unpaired) electrons. The van der Waals surface area contributed by atoms with Crippen LogP contribution in [0, 0.1) is 0 Å². The zero-order chi connectivity index (χ0) is 20.3. The Labute approximate surface area is 182 Å². The lowest BCUT2D eigenvalue weighted by Crippen LogP contribution is -2.28. The lowest BCUT2D eigenvalue weighted by Gasteiger charge is -2.14. The molecule has 0 fully saturated rings. The maximum absolute atomic E-state index is 12.5. The van der Waals surface area contributed by atoms with Gasteiger partial charge >= 0.3 is 0 Å². The van der Waals surface area contributed by atoms with Crippen LogP contribution in [0.3, 0.4) is 0 Å². The Morgan fingerprint density at radius 2 is 1.86 bits per heavy atom. The van der Waals surface area contributed by atoms with E-state index in [1.54, 1.807) is 12.1 Å². The SMILES string of the molecule is CC(NC(=O)c1ccc(Cl)c(Cl)c1)c1nnc(SCc2ccccc2Cl)n1C. The number of nitrogens with one attached hydrogen (secondary N) is 1. The molecule has 1 N–H and O–H groups in total. The second-order valence-electron chi connectivity index (χ2n) is 6.10. The van der Waals surface area contributed by atoms with E-state index in [0.717, 1.165) is 15.7 Å². The Balaban J connectivity index is 1.67. The van der Waals surface area contributed by atoms with Gasteiger partial charge in [-0.2, -0.15) is 0 Å². The molecule has 1 amide bonds. The highest BCUT2D eigenvalue weighted by Crippen LogP contribution is 2.27. The van der Waals surface area contributed by atoms with E-state index in [1.165, 1.54) is 17.8 Å². The fraction of sp³-hybridized carbons (Fsp3) is 0.211. The molecule has 0 aliphatic heterocycles. The summed E-state index contributed by atoms with van der Waals surface area (Å²) in [7, 11) is 1.87. The predicted molar refractivity (Wildman–Crippen MR) is 114 cm³/mol. The first-order chi connectivity index (χ1) is 13.4. The Hall–Kier alpha value is -1.73. The molecule has 0 spiro atoms. The van der Waals surface area contributed by atoms with Crippen LogP contribution in [0.4, 0.5) is 0 Å². The molecule has 28 heavy (non-hydrogen) atoms. The topological polar surface area (TPSA) is 59.8 Å². The van der Waals surface area contributed by atoms with Crippen LogP contribution in [-0.2, 0) is 12.8 Å². The van der Waals surface area contributed by atoms with E-state index >= 15 is 0 Å². The summed E-state index contributed by atoms with van der Waals surface area (Å²) >= 11 is 19.6. The molecule has 5 nitrogen and oxygen atoms in total. The normalized spacial score (nSPS) is 12.0. The van der Waals surface area contributed by atoms with Gasteiger partial charge in [-0.1, -0.05) is 64.8 Å². The number of carbonyl (C=O) groups excluding carboxylic acids is 1. The smallest absolute Gasteiger partial charge is 0.251 e. The first-order valence-electron chi connectivity index (χ1n) is 8.38. The van der Waals surface area contributed by atoms with E-state index < -0.39 is 0 Å². The average molecular weight is 456 g/mol. The van der Waals surface area contributed by atoms with Crippen LogP contribution in [0.15, 0.2) is 47.6 Å². The molecule has 0 bridgehead atoms. The van der Waals surface area contributed by atoms with E-state index in [9.17, 15) is 4.79 Å². The number of carbonyl (C=O) groups is 1. The number of thioether (sulfide) groups is 1. The summed E-state index contributed by atoms with van der Waals surface area (Å²) < 4.78 is 1.86. The number of hydrogen-bond donors (Lipinski definition) is 1. The average Bonchev–Trinajstić information content (AvgIpc) is 3.04. The Bertz CT molecular complexity index is 1010. The molecule has 3 aromatic rings. The molecule has 1 unspecified atom stereocenters. The van der Waals surface area contributed by atoms with Crippen molar-refractivity contribution >= 4 is 52.5 Å². The largest absolute Gasteiger partial charge is 0.342 e. The first kappa shape index (κ1) is 21.0. The van der Waals surface area contributed by atoms with E-state index in [0.29, 0.717) is 27.2 Å². The number of hydrogen-bond acceptors (Lipinski definition) is 4. The summed E-state index contributed by atoms with van der Waals surface area (Å²) in [5.41, 5.74) is 1.46. The zero-order valence-corrected chi connectivity index (χ0v) is 18.2. The van der Waals surface area contributed by atoms with Crippen molar-refractivity contribution in [1.82, 2.24) is 20.1 Å². The van der Waals surface area contributed by atoms with Gasteiger partial charge in [0.1, 0.15) is 0 Å². The number of rotatable bonds is 6. The van der Waals surface area contributed by atoms with Gasteiger partial charge in [-0.05, 0) is 36.8 Å². The second kappa shape index (κ2) is 9.18. The molecule has 0 aliphatic carbocycles. The van der Waals surface area contributed by atoms with Crippen molar-refractivity contribution in [3.05, 3.63) is 74.5 Å². The fourth-order valence-electron chi connectivity index (χ4n) is 2.57. The van der Waals surface area contributed by atoms with E-state index in [1.807, 2.05) is 42.8 Å². The van der Waals surface area contributed by atoms with Crippen molar-refractivity contribution < 1.29 is 4.79 Å². The molecule has 1 atom stereocenters. The van der Waals surface area contributed by atoms with Crippen molar-refractivity contribution in [3.8, 4) is 0 Å². The Morgan fingerprint density at radius 3 is 2.57 bits per heavy atom. The maximum atomic E-state index is 12.5. The molecule has 146 valence electrons. The van der Waals surface area contributed by atoms with Gasteiger partial charge in [-0.15, -0.1) is 10.2 Å². The Morgan fingerprint density at radius 1 is 1.11 bits per heavy atom. The van der Waals surface area contributed by atoms with Gasteiger partial charge < -0.3 is 9.88 Å². The lowest BCUT2D eigenvalue weighted by molar-refractivity contribution is 0.0937. The minimum Gasteiger partial charge on any atom is -0.342 e. The quantitative estimate of drug-likeness (QED) is 0.494. The fourth-order valence-corrected chi connectivity index (χ4v) is 4.07. The third kappa shape index (κ3) is 4.81. The van der Waals surface area contributed by atoms with Crippen LogP contribution in [0.1, 0.15) is 34.7 Å². The van der Waals surface area contributed by atoms with E-state index in [4.69, 9.17) is 34.8 Å². The summed E-state index contributed by atoms with van der Waals surface area (Å²) in [4.78, 5) is 12.5. The zero-order valence-electron chi connectivity index (χ0n) is 15.1. The summed E-state index contributed by atoms with van der Waals surface area (Å²) in [5.74, 6) is 1.06. The molecule has 9 heteroatoms. The highest BCUT2D eigenvalue weighted by atomic mass is 35.5. The van der Waals surface area contributed by atoms with Crippen LogP contribution >= 0.6 is 46.6 Å². The molecular formula is C19H17Cl3N4OS. The van der Waals surface area contributed by atoms with Crippen molar-refractivity contribution in [2.45, 2.75) is 23.9 Å². The summed E-state index contributed by atoms with van der Waals surface area (Å²) in [6, 6.07) is 12.1. The van der Waals surface area contributed by atoms with Gasteiger partial charge in [-0.3, -0.25) is 4.79 Å². The van der Waals surface area contributed by atoms with Crippen LogP contribution in [-0.4, -0.2) is 20.7 Å². The second-order valence-corrected chi connectivity index (χ2v) is 8.27. The minimum atomic E-state index is -0.339.